The molecule has 6 nitrogen and oxygen atoms in total. The maximum absolute atomic E-state index is 12.3. The van der Waals surface area contributed by atoms with Crippen LogP contribution in [0.5, 0.6) is 5.75 Å². The fourth-order valence-electron chi connectivity index (χ4n) is 2.68. The zero-order valence-corrected chi connectivity index (χ0v) is 21.4. The molecule has 2 N–H and O–H groups in total. The van der Waals surface area contributed by atoms with Gasteiger partial charge in [-0.05, 0) is 80.7 Å². The summed E-state index contributed by atoms with van der Waals surface area (Å²) in [6, 6.07) is 20.0. The molecule has 0 saturated carbocycles. The van der Waals surface area contributed by atoms with E-state index in [0.29, 0.717) is 23.1 Å². The third-order valence-corrected chi connectivity index (χ3v) is 6.28. The van der Waals surface area contributed by atoms with Gasteiger partial charge in [0.1, 0.15) is 18.3 Å². The van der Waals surface area contributed by atoms with E-state index in [9.17, 15) is 9.59 Å². The third-order valence-electron chi connectivity index (χ3n) is 4.60. The fraction of sp³-hybridized carbons (Fsp3) is 0.125. The predicted molar refractivity (Wildman–Crippen MR) is 138 cm³/mol. The Labute approximate surface area is 213 Å². The van der Waals surface area contributed by atoms with Crippen LogP contribution in [-0.4, -0.2) is 18.0 Å². The van der Waals surface area contributed by atoms with Gasteiger partial charge in [-0.25, -0.2) is 5.43 Å². The summed E-state index contributed by atoms with van der Waals surface area (Å²) >= 11 is 13.0. The summed E-state index contributed by atoms with van der Waals surface area (Å²) in [5.41, 5.74) is 4.61. The van der Waals surface area contributed by atoms with E-state index in [2.05, 4.69) is 47.7 Å². The number of carbonyl (C=O) groups excluding carboxylic acids is 2. The lowest BCUT2D eigenvalue weighted by atomic mass is 10.1. The van der Waals surface area contributed by atoms with Crippen molar-refractivity contribution in [2.24, 2.45) is 11.0 Å². The summed E-state index contributed by atoms with van der Waals surface area (Å²) in [7, 11) is 0. The smallest absolute Gasteiger partial charge is 0.252 e. The number of nitrogens with zero attached hydrogens (tertiary/aromatic N) is 1. The van der Waals surface area contributed by atoms with E-state index < -0.39 is 17.7 Å². The Bertz CT molecular complexity index is 1190. The van der Waals surface area contributed by atoms with Crippen molar-refractivity contribution in [2.75, 3.05) is 5.32 Å². The Morgan fingerprint density at radius 2 is 1.76 bits per heavy atom. The molecule has 2 amide bonds. The number of para-hydroxylation sites is 1. The van der Waals surface area contributed by atoms with Gasteiger partial charge in [0.05, 0.1) is 16.4 Å². The van der Waals surface area contributed by atoms with Crippen LogP contribution in [0.2, 0.25) is 5.02 Å². The van der Waals surface area contributed by atoms with Gasteiger partial charge in [-0.1, -0.05) is 41.9 Å². The number of nitrogens with one attached hydrogen (secondary N) is 2. The lowest BCUT2D eigenvalue weighted by Gasteiger charge is -2.12. The molecule has 0 aliphatic rings. The highest BCUT2D eigenvalue weighted by molar-refractivity contribution is 9.11. The number of hydrazone groups is 1. The van der Waals surface area contributed by atoms with E-state index in [1.807, 2.05) is 30.3 Å². The highest BCUT2D eigenvalue weighted by atomic mass is 79.9. The van der Waals surface area contributed by atoms with Gasteiger partial charge < -0.3 is 10.1 Å². The van der Waals surface area contributed by atoms with Crippen molar-refractivity contribution in [3.8, 4) is 5.75 Å². The second kappa shape index (κ2) is 12.0. The number of ether oxygens (including phenoxy) is 1. The molecule has 0 radical (unpaired) electrons. The van der Waals surface area contributed by atoms with Gasteiger partial charge in [-0.15, -0.1) is 0 Å². The summed E-state index contributed by atoms with van der Waals surface area (Å²) in [4.78, 5) is 24.6. The van der Waals surface area contributed by atoms with Crippen LogP contribution in [0.1, 0.15) is 18.1 Å². The maximum atomic E-state index is 12.3. The van der Waals surface area contributed by atoms with E-state index in [0.717, 1.165) is 20.1 Å². The first-order valence-corrected chi connectivity index (χ1v) is 11.9. The Balaban J connectivity index is 1.53. The average Bonchev–Trinajstić information content (AvgIpc) is 2.80. The molecular formula is C24H20Br2ClN3O3. The van der Waals surface area contributed by atoms with Crippen LogP contribution in [0.4, 0.5) is 5.69 Å². The monoisotopic (exact) mass is 591 g/mol. The molecule has 1 atom stereocenters. The number of carbonyl (C=O) groups is 2. The summed E-state index contributed by atoms with van der Waals surface area (Å²) in [6.45, 7) is 1.85. The van der Waals surface area contributed by atoms with E-state index >= 15 is 0 Å². The third kappa shape index (κ3) is 7.15. The largest absolute Gasteiger partial charge is 0.488 e. The first-order valence-electron chi connectivity index (χ1n) is 9.89. The van der Waals surface area contributed by atoms with Crippen LogP contribution >= 0.6 is 43.5 Å². The van der Waals surface area contributed by atoms with E-state index in [4.69, 9.17) is 16.3 Å². The summed E-state index contributed by atoms with van der Waals surface area (Å²) in [5.74, 6) is -1.23. The first kappa shape index (κ1) is 25.0. The zero-order chi connectivity index (χ0) is 23.8. The molecule has 170 valence electrons. The lowest BCUT2D eigenvalue weighted by molar-refractivity contribution is -0.131. The fourth-order valence-corrected chi connectivity index (χ4v) is 3.76. The second-order valence-corrected chi connectivity index (χ2v) is 9.11. The number of hydrogen-bond donors (Lipinski definition) is 2. The van der Waals surface area contributed by atoms with Gasteiger partial charge in [0.15, 0.2) is 0 Å². The van der Waals surface area contributed by atoms with Crippen LogP contribution in [0.25, 0.3) is 0 Å². The summed E-state index contributed by atoms with van der Waals surface area (Å²) < 4.78 is 7.28. The van der Waals surface area contributed by atoms with Crippen molar-refractivity contribution in [2.45, 2.75) is 13.5 Å². The molecule has 33 heavy (non-hydrogen) atoms. The lowest BCUT2D eigenvalue weighted by Crippen LogP contribution is -2.34. The van der Waals surface area contributed by atoms with Crippen LogP contribution < -0.4 is 15.5 Å². The number of anilines is 1. The van der Waals surface area contributed by atoms with Crippen molar-refractivity contribution in [3.05, 3.63) is 91.8 Å². The van der Waals surface area contributed by atoms with Crippen LogP contribution in [0.3, 0.4) is 0 Å². The average molecular weight is 594 g/mol. The Morgan fingerprint density at radius 1 is 1.03 bits per heavy atom. The standard InChI is InChI=1S/C24H20Br2ClN3O3/c1-15(23(31)29-21-9-5-3-7-18(21)25)24(32)30-28-13-16-10-11-22(19(26)12-16)33-14-17-6-2-4-8-20(17)27/h2-13,15H,14H2,1H3,(H,29,31)(H,30,32). The van der Waals surface area contributed by atoms with Crippen molar-refractivity contribution in [1.29, 1.82) is 0 Å². The number of hydrogen-bond acceptors (Lipinski definition) is 4. The maximum Gasteiger partial charge on any atom is 0.252 e. The second-order valence-electron chi connectivity index (χ2n) is 6.99. The topological polar surface area (TPSA) is 79.8 Å². The Morgan fingerprint density at radius 3 is 2.48 bits per heavy atom. The van der Waals surface area contributed by atoms with Crippen molar-refractivity contribution < 1.29 is 14.3 Å². The molecular weight excluding hydrogens is 574 g/mol. The summed E-state index contributed by atoms with van der Waals surface area (Å²) in [6.07, 6.45) is 1.49. The summed E-state index contributed by atoms with van der Waals surface area (Å²) in [5, 5.41) is 7.31. The zero-order valence-electron chi connectivity index (χ0n) is 17.5. The van der Waals surface area contributed by atoms with E-state index in [1.165, 1.54) is 13.1 Å². The quantitative estimate of drug-likeness (QED) is 0.186. The normalized spacial score (nSPS) is 11.8. The number of benzene rings is 3. The van der Waals surface area contributed by atoms with Crippen LogP contribution in [0.15, 0.2) is 80.8 Å². The molecule has 0 heterocycles. The molecule has 3 aromatic carbocycles. The first-order chi connectivity index (χ1) is 15.8. The van der Waals surface area contributed by atoms with Gasteiger partial charge in [-0.2, -0.15) is 5.10 Å². The molecule has 0 spiro atoms. The van der Waals surface area contributed by atoms with Gasteiger partial charge in [0.2, 0.25) is 5.91 Å². The minimum atomic E-state index is -0.929. The van der Waals surface area contributed by atoms with Crippen LogP contribution in [0, 0.1) is 5.92 Å². The van der Waals surface area contributed by atoms with Crippen LogP contribution in [-0.2, 0) is 16.2 Å². The molecule has 0 bridgehead atoms. The molecule has 9 heteroatoms. The van der Waals surface area contributed by atoms with Crippen molar-refractivity contribution in [1.82, 2.24) is 5.43 Å². The molecule has 0 aliphatic carbocycles. The SMILES string of the molecule is CC(C(=O)NN=Cc1ccc(OCc2ccccc2Cl)c(Br)c1)C(=O)Nc1ccccc1Br. The van der Waals surface area contributed by atoms with Gasteiger partial charge in [0.25, 0.3) is 5.91 Å². The number of halogens is 3. The highest BCUT2D eigenvalue weighted by Gasteiger charge is 2.21. The molecule has 0 aromatic heterocycles. The van der Waals surface area contributed by atoms with E-state index in [-0.39, 0.29) is 0 Å². The molecule has 0 fully saturated rings. The van der Waals surface area contributed by atoms with Gasteiger partial charge in [0, 0.05) is 15.1 Å². The molecule has 0 aliphatic heterocycles. The van der Waals surface area contributed by atoms with Gasteiger partial charge >= 0.3 is 0 Å². The molecule has 3 aromatic rings. The molecule has 0 saturated heterocycles. The van der Waals surface area contributed by atoms with Crippen molar-refractivity contribution in [3.63, 3.8) is 0 Å². The van der Waals surface area contributed by atoms with E-state index in [1.54, 1.807) is 36.4 Å². The Hall–Kier alpha value is -2.68. The minimum Gasteiger partial charge on any atom is -0.488 e. The Kier molecular flexibility index (Phi) is 9.05. The highest BCUT2D eigenvalue weighted by Crippen LogP contribution is 2.27. The molecule has 3 rings (SSSR count). The van der Waals surface area contributed by atoms with Gasteiger partial charge in [-0.3, -0.25) is 9.59 Å². The minimum absolute atomic E-state index is 0.335. The number of amides is 2. The molecule has 1 unspecified atom stereocenters. The predicted octanol–water partition coefficient (Wildman–Crippen LogP) is 6.17. The van der Waals surface area contributed by atoms with Crippen molar-refractivity contribution >= 4 is 67.2 Å². The number of rotatable bonds is 8.